The Labute approximate surface area is 95.1 Å². The molecule has 4 nitrogen and oxygen atoms in total. The molecule has 2 rings (SSSR count). The van der Waals surface area contributed by atoms with Crippen LogP contribution in [0.3, 0.4) is 0 Å². The van der Waals surface area contributed by atoms with Gasteiger partial charge in [-0.1, -0.05) is 18.2 Å². The lowest BCUT2D eigenvalue weighted by atomic mass is 10.4. The predicted octanol–water partition coefficient (Wildman–Crippen LogP) is 1.57. The summed E-state index contributed by atoms with van der Waals surface area (Å²) in [6, 6.07) is 8.36. The second-order valence-corrected chi connectivity index (χ2v) is 5.75. The van der Waals surface area contributed by atoms with E-state index < -0.39 is 21.6 Å². The molecule has 0 amide bonds. The minimum atomic E-state index is -3.38. The molecular formula is C11H14O4S. The van der Waals surface area contributed by atoms with E-state index in [0.717, 1.165) is 0 Å². The van der Waals surface area contributed by atoms with Crippen LogP contribution in [0.4, 0.5) is 0 Å². The van der Waals surface area contributed by atoms with Gasteiger partial charge in [0.25, 0.3) is 0 Å². The topological polar surface area (TPSA) is 52.6 Å². The molecular weight excluding hydrogens is 228 g/mol. The maximum absolute atomic E-state index is 12.1. The molecule has 1 saturated heterocycles. The highest BCUT2D eigenvalue weighted by Gasteiger charge is 2.36. The summed E-state index contributed by atoms with van der Waals surface area (Å²) in [5.74, 6) is 0. The Morgan fingerprint density at radius 3 is 2.50 bits per heavy atom. The first-order chi connectivity index (χ1) is 7.64. The van der Waals surface area contributed by atoms with Gasteiger partial charge >= 0.3 is 0 Å². The van der Waals surface area contributed by atoms with Crippen LogP contribution in [0.1, 0.15) is 12.8 Å². The van der Waals surface area contributed by atoms with Gasteiger partial charge in [0.05, 0.1) is 4.90 Å². The van der Waals surface area contributed by atoms with Crippen molar-refractivity contribution in [1.82, 2.24) is 0 Å². The number of sulfone groups is 1. The molecule has 88 valence electrons. The number of methoxy groups -OCH3 is 1. The summed E-state index contributed by atoms with van der Waals surface area (Å²) in [6.07, 6.45) is 0.701. The van der Waals surface area contributed by atoms with Crippen molar-refractivity contribution in [2.75, 3.05) is 7.11 Å². The van der Waals surface area contributed by atoms with Gasteiger partial charge in [0.15, 0.2) is 11.7 Å². The Balaban J connectivity index is 2.21. The average Bonchev–Trinajstić information content (AvgIpc) is 2.79. The maximum atomic E-state index is 12.1. The number of ether oxygens (including phenoxy) is 2. The zero-order chi connectivity index (χ0) is 11.6. The summed E-state index contributed by atoms with van der Waals surface area (Å²) in [5.41, 5.74) is -0.778. The normalized spacial score (nSPS) is 25.8. The zero-order valence-electron chi connectivity index (χ0n) is 9.00. The number of hydrogen-bond acceptors (Lipinski definition) is 4. The lowest BCUT2D eigenvalue weighted by Crippen LogP contribution is -2.22. The second kappa shape index (κ2) is 4.53. The highest BCUT2D eigenvalue weighted by Crippen LogP contribution is 2.28. The van der Waals surface area contributed by atoms with Crippen molar-refractivity contribution in [3.63, 3.8) is 0 Å². The van der Waals surface area contributed by atoms with Crippen LogP contribution in [0, 0.1) is 0 Å². The highest BCUT2D eigenvalue weighted by molar-refractivity contribution is 7.92. The van der Waals surface area contributed by atoms with Crippen molar-refractivity contribution in [3.8, 4) is 0 Å². The SMILES string of the molecule is CO[C@H]1CC[C@@H](S(=O)(=O)c2ccccc2)O1. The van der Waals surface area contributed by atoms with E-state index in [-0.39, 0.29) is 0 Å². The van der Waals surface area contributed by atoms with E-state index in [1.807, 2.05) is 0 Å². The van der Waals surface area contributed by atoms with Gasteiger partial charge in [-0.2, -0.15) is 0 Å². The van der Waals surface area contributed by atoms with Gasteiger partial charge in [-0.05, 0) is 18.6 Å². The van der Waals surface area contributed by atoms with Crippen LogP contribution < -0.4 is 0 Å². The molecule has 0 saturated carbocycles. The van der Waals surface area contributed by atoms with Crippen LogP contribution in [0.2, 0.25) is 0 Å². The molecule has 5 heteroatoms. The van der Waals surface area contributed by atoms with Crippen LogP contribution in [-0.4, -0.2) is 27.3 Å². The average molecular weight is 242 g/mol. The molecule has 1 aromatic rings. The maximum Gasteiger partial charge on any atom is 0.205 e. The van der Waals surface area contributed by atoms with Gasteiger partial charge in [-0.25, -0.2) is 8.42 Å². The molecule has 1 fully saturated rings. The van der Waals surface area contributed by atoms with Crippen molar-refractivity contribution in [3.05, 3.63) is 30.3 Å². The van der Waals surface area contributed by atoms with Crippen molar-refractivity contribution in [2.24, 2.45) is 0 Å². The van der Waals surface area contributed by atoms with Gasteiger partial charge in [0.2, 0.25) is 9.84 Å². The third-order valence-electron chi connectivity index (χ3n) is 2.62. The van der Waals surface area contributed by atoms with Crippen molar-refractivity contribution in [1.29, 1.82) is 0 Å². The molecule has 0 spiro atoms. The summed E-state index contributed by atoms with van der Waals surface area (Å²) in [5, 5.41) is 0. The first-order valence-electron chi connectivity index (χ1n) is 5.12. The monoisotopic (exact) mass is 242 g/mol. The Bertz CT molecular complexity index is 440. The minimum Gasteiger partial charge on any atom is -0.356 e. The van der Waals surface area contributed by atoms with E-state index in [1.54, 1.807) is 30.3 Å². The molecule has 1 heterocycles. The molecule has 0 aromatic heterocycles. The number of benzene rings is 1. The predicted molar refractivity (Wildman–Crippen MR) is 58.5 cm³/mol. The van der Waals surface area contributed by atoms with E-state index in [1.165, 1.54) is 7.11 Å². The van der Waals surface area contributed by atoms with Gasteiger partial charge < -0.3 is 9.47 Å². The molecule has 1 aliphatic rings. The Kier molecular flexibility index (Phi) is 3.28. The van der Waals surface area contributed by atoms with Gasteiger partial charge in [0, 0.05) is 13.5 Å². The summed E-state index contributed by atoms with van der Waals surface area (Å²) in [6.45, 7) is 0. The van der Waals surface area contributed by atoms with E-state index in [2.05, 4.69) is 0 Å². The minimum absolute atomic E-state index is 0.303. The van der Waals surface area contributed by atoms with Crippen LogP contribution in [0.5, 0.6) is 0 Å². The fourth-order valence-corrected chi connectivity index (χ4v) is 3.30. The van der Waals surface area contributed by atoms with Crippen molar-refractivity contribution >= 4 is 9.84 Å². The Morgan fingerprint density at radius 1 is 1.25 bits per heavy atom. The van der Waals surface area contributed by atoms with Crippen LogP contribution >= 0.6 is 0 Å². The molecule has 1 aromatic carbocycles. The number of hydrogen-bond donors (Lipinski definition) is 0. The fraction of sp³-hybridized carbons (Fsp3) is 0.455. The smallest absolute Gasteiger partial charge is 0.205 e. The van der Waals surface area contributed by atoms with Crippen LogP contribution in [-0.2, 0) is 19.3 Å². The summed E-state index contributed by atoms with van der Waals surface area (Å²) < 4.78 is 34.5. The zero-order valence-corrected chi connectivity index (χ0v) is 9.81. The standard InChI is InChI=1S/C11H14O4S/c1-14-10-7-8-11(15-10)16(12,13)9-5-3-2-4-6-9/h2-6,10-11H,7-8H2,1H3/t10-,11-/m1/s1. The van der Waals surface area contributed by atoms with Gasteiger partial charge in [0.1, 0.15) is 0 Å². The third kappa shape index (κ3) is 2.11. The van der Waals surface area contributed by atoms with Gasteiger partial charge in [-0.15, -0.1) is 0 Å². The van der Waals surface area contributed by atoms with Crippen LogP contribution in [0.15, 0.2) is 35.2 Å². The van der Waals surface area contributed by atoms with Crippen molar-refractivity contribution < 1.29 is 17.9 Å². The lowest BCUT2D eigenvalue weighted by Gasteiger charge is -2.13. The Morgan fingerprint density at radius 2 is 1.94 bits per heavy atom. The lowest BCUT2D eigenvalue weighted by molar-refractivity contribution is -0.0971. The van der Waals surface area contributed by atoms with Crippen molar-refractivity contribution in [2.45, 2.75) is 29.5 Å². The largest absolute Gasteiger partial charge is 0.356 e. The first kappa shape index (κ1) is 11.6. The fourth-order valence-electron chi connectivity index (χ4n) is 1.74. The molecule has 0 bridgehead atoms. The molecule has 2 atom stereocenters. The molecule has 0 unspecified atom stereocenters. The highest BCUT2D eigenvalue weighted by atomic mass is 32.2. The Hall–Kier alpha value is -0.910. The van der Waals surface area contributed by atoms with E-state index in [4.69, 9.17) is 9.47 Å². The van der Waals surface area contributed by atoms with E-state index >= 15 is 0 Å². The van der Waals surface area contributed by atoms with Crippen LogP contribution in [0.25, 0.3) is 0 Å². The second-order valence-electron chi connectivity index (χ2n) is 3.67. The molecule has 1 aliphatic heterocycles. The van der Waals surface area contributed by atoms with Gasteiger partial charge in [-0.3, -0.25) is 0 Å². The quantitative estimate of drug-likeness (QED) is 0.807. The summed E-state index contributed by atoms with van der Waals surface area (Å²) in [7, 11) is -1.87. The summed E-state index contributed by atoms with van der Waals surface area (Å²) >= 11 is 0. The molecule has 0 N–H and O–H groups in total. The number of rotatable bonds is 3. The first-order valence-corrected chi connectivity index (χ1v) is 6.66. The van der Waals surface area contributed by atoms with E-state index in [9.17, 15) is 8.42 Å². The van der Waals surface area contributed by atoms with E-state index in [0.29, 0.717) is 17.7 Å². The third-order valence-corrected chi connectivity index (χ3v) is 4.59. The molecule has 0 aliphatic carbocycles. The summed E-state index contributed by atoms with van der Waals surface area (Å²) in [4.78, 5) is 0.303. The molecule has 0 radical (unpaired) electrons. The molecule has 16 heavy (non-hydrogen) atoms.